The second kappa shape index (κ2) is 4.82. The fourth-order valence-corrected chi connectivity index (χ4v) is 1.36. The van der Waals surface area contributed by atoms with Crippen molar-refractivity contribution >= 4 is 11.5 Å². The number of aliphatic hydroxyl groups is 1. The Hall–Kier alpha value is -0.520. The lowest BCUT2D eigenvalue weighted by Gasteiger charge is -2.25. The van der Waals surface area contributed by atoms with Crippen molar-refractivity contribution in [2.45, 2.75) is 33.4 Å². The first-order valence-electron chi connectivity index (χ1n) is 4.65. The Bertz CT molecular complexity index is 256. The van der Waals surface area contributed by atoms with E-state index in [9.17, 15) is 5.11 Å². The highest BCUT2D eigenvalue weighted by Gasteiger charge is 2.21. The Kier molecular flexibility index (Phi) is 3.97. The Balaban J connectivity index is 2.22. The van der Waals surface area contributed by atoms with Crippen LogP contribution >= 0.6 is 11.5 Å². The minimum absolute atomic E-state index is 0.0761. The van der Waals surface area contributed by atoms with Gasteiger partial charge in [0.2, 0.25) is 0 Å². The van der Waals surface area contributed by atoms with Crippen LogP contribution in [0.4, 0.5) is 0 Å². The summed E-state index contributed by atoms with van der Waals surface area (Å²) in [6.45, 7) is 7.31. The summed E-state index contributed by atoms with van der Waals surface area (Å²) in [7, 11) is 0. The zero-order valence-electron chi connectivity index (χ0n) is 8.82. The van der Waals surface area contributed by atoms with Gasteiger partial charge in [0.15, 0.2) is 0 Å². The second-order valence-electron chi connectivity index (χ2n) is 4.41. The fourth-order valence-electron chi connectivity index (χ4n) is 0.904. The molecular formula is C9H17N3OS. The van der Waals surface area contributed by atoms with Crippen LogP contribution in [0.15, 0.2) is 5.38 Å². The largest absolute Gasteiger partial charge is 0.391 e. The molecule has 0 aliphatic carbocycles. The van der Waals surface area contributed by atoms with Crippen LogP contribution in [0.25, 0.3) is 0 Å². The first-order valence-corrected chi connectivity index (χ1v) is 5.48. The normalized spacial score (nSPS) is 14.3. The summed E-state index contributed by atoms with van der Waals surface area (Å²) in [5.41, 5.74) is 0.851. The number of hydrogen-bond donors (Lipinski definition) is 2. The van der Waals surface area contributed by atoms with Crippen LogP contribution in [0.3, 0.4) is 0 Å². The monoisotopic (exact) mass is 215 g/mol. The van der Waals surface area contributed by atoms with Gasteiger partial charge in [0.05, 0.1) is 11.8 Å². The number of aliphatic hydroxyl groups excluding tert-OH is 1. The quantitative estimate of drug-likeness (QED) is 0.788. The lowest BCUT2D eigenvalue weighted by molar-refractivity contribution is 0.0627. The van der Waals surface area contributed by atoms with Crippen molar-refractivity contribution in [1.82, 2.24) is 14.9 Å². The Morgan fingerprint density at radius 1 is 1.57 bits per heavy atom. The minimum Gasteiger partial charge on any atom is -0.391 e. The summed E-state index contributed by atoms with van der Waals surface area (Å²) < 4.78 is 3.76. The van der Waals surface area contributed by atoms with Crippen LogP contribution in [0.5, 0.6) is 0 Å². The van der Waals surface area contributed by atoms with Crippen molar-refractivity contribution in [3.05, 3.63) is 11.1 Å². The summed E-state index contributed by atoms with van der Waals surface area (Å²) in [5, 5.41) is 18.7. The first kappa shape index (κ1) is 11.6. The van der Waals surface area contributed by atoms with E-state index in [1.54, 1.807) is 0 Å². The van der Waals surface area contributed by atoms with Gasteiger partial charge in [-0.2, -0.15) is 0 Å². The van der Waals surface area contributed by atoms with Gasteiger partial charge >= 0.3 is 0 Å². The summed E-state index contributed by atoms with van der Waals surface area (Å²) in [5.74, 6) is 0. The highest BCUT2D eigenvalue weighted by atomic mass is 32.1. The number of nitrogens with one attached hydrogen (secondary N) is 1. The molecule has 5 heteroatoms. The van der Waals surface area contributed by atoms with E-state index in [1.807, 2.05) is 26.2 Å². The third-order valence-corrected chi connectivity index (χ3v) is 2.60. The second-order valence-corrected chi connectivity index (χ2v) is 5.02. The van der Waals surface area contributed by atoms with E-state index in [4.69, 9.17) is 0 Å². The van der Waals surface area contributed by atoms with E-state index in [-0.39, 0.29) is 11.5 Å². The number of rotatable bonds is 4. The molecule has 0 aliphatic rings. The Morgan fingerprint density at radius 2 is 2.29 bits per heavy atom. The smallest absolute Gasteiger partial charge is 0.0893 e. The molecule has 0 saturated heterocycles. The van der Waals surface area contributed by atoms with E-state index < -0.39 is 0 Å². The van der Waals surface area contributed by atoms with Crippen molar-refractivity contribution in [3.8, 4) is 0 Å². The van der Waals surface area contributed by atoms with E-state index in [0.717, 1.165) is 5.69 Å². The average Bonchev–Trinajstić information content (AvgIpc) is 2.55. The van der Waals surface area contributed by atoms with Crippen LogP contribution in [0.2, 0.25) is 0 Å². The number of aromatic nitrogens is 2. The maximum atomic E-state index is 9.72. The molecule has 1 rings (SSSR count). The zero-order chi connectivity index (χ0) is 10.6. The van der Waals surface area contributed by atoms with Crippen molar-refractivity contribution < 1.29 is 5.11 Å². The zero-order valence-corrected chi connectivity index (χ0v) is 9.64. The van der Waals surface area contributed by atoms with E-state index in [2.05, 4.69) is 14.9 Å². The summed E-state index contributed by atoms with van der Waals surface area (Å²) in [4.78, 5) is 0. The Labute approximate surface area is 88.5 Å². The van der Waals surface area contributed by atoms with Gasteiger partial charge in [0, 0.05) is 18.5 Å². The van der Waals surface area contributed by atoms with Crippen LogP contribution in [0.1, 0.15) is 26.5 Å². The molecule has 1 atom stereocenters. The van der Waals surface area contributed by atoms with Crippen molar-refractivity contribution in [2.75, 3.05) is 6.54 Å². The number of nitrogens with zero attached hydrogens (tertiary/aromatic N) is 2. The Morgan fingerprint density at radius 3 is 2.79 bits per heavy atom. The third kappa shape index (κ3) is 3.69. The van der Waals surface area contributed by atoms with Gasteiger partial charge in [0.25, 0.3) is 0 Å². The van der Waals surface area contributed by atoms with Crippen molar-refractivity contribution in [2.24, 2.45) is 5.41 Å². The van der Waals surface area contributed by atoms with Gasteiger partial charge < -0.3 is 10.4 Å². The van der Waals surface area contributed by atoms with Crippen LogP contribution in [-0.2, 0) is 6.54 Å². The molecule has 0 bridgehead atoms. The lowest BCUT2D eigenvalue weighted by atomic mass is 9.89. The summed E-state index contributed by atoms with van der Waals surface area (Å²) >= 11 is 1.34. The van der Waals surface area contributed by atoms with Crippen molar-refractivity contribution in [3.63, 3.8) is 0 Å². The molecular weight excluding hydrogens is 198 g/mol. The molecule has 1 aromatic heterocycles. The summed E-state index contributed by atoms with van der Waals surface area (Å²) in [6.07, 6.45) is -0.339. The maximum absolute atomic E-state index is 9.72. The summed E-state index contributed by atoms with van der Waals surface area (Å²) in [6, 6.07) is 0. The first-order chi connectivity index (χ1) is 6.50. The van der Waals surface area contributed by atoms with E-state index in [1.165, 1.54) is 11.5 Å². The molecule has 0 amide bonds. The molecule has 0 spiro atoms. The van der Waals surface area contributed by atoms with Crippen LogP contribution in [0, 0.1) is 5.41 Å². The molecule has 1 aromatic rings. The predicted molar refractivity (Wildman–Crippen MR) is 57.1 cm³/mol. The van der Waals surface area contributed by atoms with Gasteiger partial charge in [-0.05, 0) is 16.9 Å². The molecule has 4 nitrogen and oxygen atoms in total. The molecule has 0 fully saturated rings. The lowest BCUT2D eigenvalue weighted by Crippen LogP contribution is -2.36. The van der Waals surface area contributed by atoms with E-state index in [0.29, 0.717) is 13.1 Å². The molecule has 1 heterocycles. The maximum Gasteiger partial charge on any atom is 0.0893 e. The van der Waals surface area contributed by atoms with Gasteiger partial charge in [-0.15, -0.1) is 5.10 Å². The molecule has 2 N–H and O–H groups in total. The molecule has 0 saturated carbocycles. The molecule has 0 radical (unpaired) electrons. The molecule has 1 unspecified atom stereocenters. The minimum atomic E-state index is -0.339. The van der Waals surface area contributed by atoms with Gasteiger partial charge in [0.1, 0.15) is 0 Å². The van der Waals surface area contributed by atoms with Crippen LogP contribution < -0.4 is 5.32 Å². The topological polar surface area (TPSA) is 58.0 Å². The fraction of sp³-hybridized carbons (Fsp3) is 0.778. The highest BCUT2D eigenvalue weighted by molar-refractivity contribution is 7.03. The van der Waals surface area contributed by atoms with Gasteiger partial charge in [-0.1, -0.05) is 25.3 Å². The van der Waals surface area contributed by atoms with Gasteiger partial charge in [-0.25, -0.2) is 0 Å². The third-order valence-electron chi connectivity index (χ3n) is 2.05. The highest BCUT2D eigenvalue weighted by Crippen LogP contribution is 2.18. The number of hydrogen-bond acceptors (Lipinski definition) is 5. The average molecular weight is 215 g/mol. The standard InChI is InChI=1S/C9H17N3OS/c1-9(2,3)8(13)5-10-4-7-6-14-12-11-7/h6,8,10,13H,4-5H2,1-3H3. The van der Waals surface area contributed by atoms with E-state index >= 15 is 0 Å². The molecule has 14 heavy (non-hydrogen) atoms. The predicted octanol–water partition coefficient (Wildman–Crippen LogP) is 1.03. The van der Waals surface area contributed by atoms with Gasteiger partial charge in [-0.3, -0.25) is 0 Å². The van der Waals surface area contributed by atoms with Crippen molar-refractivity contribution in [1.29, 1.82) is 0 Å². The molecule has 80 valence electrons. The van der Waals surface area contributed by atoms with Crippen LogP contribution in [-0.4, -0.2) is 27.3 Å². The molecule has 0 aliphatic heterocycles. The SMILES string of the molecule is CC(C)(C)C(O)CNCc1csnn1. The molecule has 0 aromatic carbocycles.